The van der Waals surface area contributed by atoms with Crippen LogP contribution in [0.2, 0.25) is 0 Å². The summed E-state index contributed by atoms with van der Waals surface area (Å²) in [4.78, 5) is 6.07. The third-order valence-corrected chi connectivity index (χ3v) is 4.51. The average Bonchev–Trinajstić information content (AvgIpc) is 2.46. The highest BCUT2D eigenvalue weighted by atomic mass is 16.5. The molecule has 2 saturated heterocycles. The van der Waals surface area contributed by atoms with E-state index in [-0.39, 0.29) is 0 Å². The Balaban J connectivity index is 1.58. The molecule has 0 saturated carbocycles. The van der Waals surface area contributed by atoms with Gasteiger partial charge in [-0.3, -0.25) is 0 Å². The summed E-state index contributed by atoms with van der Waals surface area (Å²) in [5.41, 5.74) is 0. The van der Waals surface area contributed by atoms with Crippen LogP contribution in [-0.2, 0) is 0 Å². The van der Waals surface area contributed by atoms with Crippen LogP contribution >= 0.6 is 0 Å². The van der Waals surface area contributed by atoms with Crippen molar-refractivity contribution in [1.29, 1.82) is 0 Å². The second-order valence-electron chi connectivity index (χ2n) is 5.64. The maximum Gasteiger partial charge on any atom is 0.213 e. The van der Waals surface area contributed by atoms with Gasteiger partial charge in [0.05, 0.1) is 25.7 Å². The van der Waals surface area contributed by atoms with Crippen LogP contribution in [0.15, 0.2) is 24.4 Å². The number of nitrogens with zero attached hydrogens (tertiary/aromatic N) is 1. The van der Waals surface area contributed by atoms with E-state index in [0.717, 1.165) is 24.4 Å². The normalized spacial score (nSPS) is 31.7. The van der Waals surface area contributed by atoms with Gasteiger partial charge >= 0.3 is 0 Å². The van der Waals surface area contributed by atoms with Crippen molar-refractivity contribution in [3.63, 3.8) is 0 Å². The molecule has 0 aliphatic carbocycles. The van der Waals surface area contributed by atoms with E-state index in [1.807, 2.05) is 23.1 Å². The molecule has 3 atom stereocenters. The monoisotopic (exact) mass is 247 g/mol. The van der Waals surface area contributed by atoms with Crippen LogP contribution < -0.4 is 9.64 Å². The molecule has 1 unspecified atom stereocenters. The Morgan fingerprint density at radius 2 is 2.11 bits per heavy atom. The second-order valence-corrected chi connectivity index (χ2v) is 5.64. The van der Waals surface area contributed by atoms with Crippen LogP contribution in [0.1, 0.15) is 32.1 Å². The highest BCUT2D eigenvalue weighted by molar-refractivity contribution is 5.09. The molecule has 0 bridgehead atoms. The van der Waals surface area contributed by atoms with Gasteiger partial charge in [-0.05, 0) is 38.2 Å². The predicted molar refractivity (Wildman–Crippen MR) is 70.8 cm³/mol. The number of rotatable bonds is 3. The molecule has 1 aromatic heterocycles. The Kier molecular flexibility index (Phi) is 3.79. The lowest BCUT2D eigenvalue weighted by molar-refractivity contribution is -0.940. The molecule has 18 heavy (non-hydrogen) atoms. The summed E-state index contributed by atoms with van der Waals surface area (Å²) in [6.45, 7) is 3.61. The van der Waals surface area contributed by atoms with Gasteiger partial charge in [-0.1, -0.05) is 6.07 Å². The third-order valence-electron chi connectivity index (χ3n) is 4.51. The molecule has 0 aromatic carbocycles. The lowest BCUT2D eigenvalue weighted by Crippen LogP contribution is -3.18. The van der Waals surface area contributed by atoms with Gasteiger partial charge in [0.2, 0.25) is 5.88 Å². The summed E-state index contributed by atoms with van der Waals surface area (Å²) in [7, 11) is 0. The largest absolute Gasteiger partial charge is 0.477 e. The van der Waals surface area contributed by atoms with Crippen LogP contribution in [0.4, 0.5) is 0 Å². The summed E-state index contributed by atoms with van der Waals surface area (Å²) in [5, 5.41) is 0. The van der Waals surface area contributed by atoms with Gasteiger partial charge in [0, 0.05) is 18.2 Å². The van der Waals surface area contributed by atoms with Crippen LogP contribution in [0.5, 0.6) is 5.88 Å². The standard InChI is InChI=1S/C15H22N2O/c1-3-9-16-15(8-1)18-12-13-6-5-11-17-10-4-2-7-14(13)17/h1,3,8-9,13-14H,2,4-7,10-12H2/p+1/t13-,14-/m1/s1. The molecule has 3 rings (SSSR count). The molecule has 1 aromatic rings. The zero-order valence-electron chi connectivity index (χ0n) is 11.0. The van der Waals surface area contributed by atoms with Crippen molar-refractivity contribution in [1.82, 2.24) is 4.98 Å². The van der Waals surface area contributed by atoms with Gasteiger partial charge in [-0.25, -0.2) is 4.98 Å². The fourth-order valence-corrected chi connectivity index (χ4v) is 3.60. The molecule has 3 nitrogen and oxygen atoms in total. The predicted octanol–water partition coefficient (Wildman–Crippen LogP) is 1.31. The van der Waals surface area contributed by atoms with Gasteiger partial charge in [0.1, 0.15) is 0 Å². The molecule has 2 aliphatic heterocycles. The van der Waals surface area contributed by atoms with Gasteiger partial charge < -0.3 is 9.64 Å². The Hall–Kier alpha value is -1.09. The number of nitrogens with one attached hydrogen (secondary N) is 1. The van der Waals surface area contributed by atoms with E-state index in [1.54, 1.807) is 6.20 Å². The van der Waals surface area contributed by atoms with E-state index in [0.29, 0.717) is 0 Å². The number of aromatic nitrogens is 1. The lowest BCUT2D eigenvalue weighted by atomic mass is 9.84. The van der Waals surface area contributed by atoms with E-state index in [4.69, 9.17) is 4.74 Å². The van der Waals surface area contributed by atoms with Crippen molar-refractivity contribution < 1.29 is 9.64 Å². The smallest absolute Gasteiger partial charge is 0.213 e. The average molecular weight is 247 g/mol. The van der Waals surface area contributed by atoms with Crippen LogP contribution in [-0.4, -0.2) is 30.7 Å². The molecule has 3 heterocycles. The summed E-state index contributed by atoms with van der Waals surface area (Å²) in [6, 6.07) is 6.71. The fraction of sp³-hybridized carbons (Fsp3) is 0.667. The Labute approximate surface area is 109 Å². The highest BCUT2D eigenvalue weighted by Gasteiger charge is 2.36. The first-order valence-corrected chi connectivity index (χ1v) is 7.32. The first-order valence-electron chi connectivity index (χ1n) is 7.32. The second kappa shape index (κ2) is 5.70. The molecule has 98 valence electrons. The molecule has 0 radical (unpaired) electrons. The van der Waals surface area contributed by atoms with Crippen molar-refractivity contribution in [3.8, 4) is 5.88 Å². The number of fused-ring (bicyclic) bond motifs is 1. The molecule has 0 spiro atoms. The Bertz CT molecular complexity index is 366. The van der Waals surface area contributed by atoms with Gasteiger partial charge in [-0.15, -0.1) is 0 Å². The Morgan fingerprint density at radius 1 is 1.17 bits per heavy atom. The first kappa shape index (κ1) is 12.0. The third kappa shape index (κ3) is 2.66. The fourth-order valence-electron chi connectivity index (χ4n) is 3.60. The first-order chi connectivity index (χ1) is 8.93. The van der Waals surface area contributed by atoms with Crippen molar-refractivity contribution in [2.45, 2.75) is 38.1 Å². The molecule has 0 amide bonds. The summed E-state index contributed by atoms with van der Waals surface area (Å²) < 4.78 is 5.87. The minimum atomic E-state index is 0.732. The van der Waals surface area contributed by atoms with Gasteiger partial charge in [0.25, 0.3) is 0 Å². The minimum Gasteiger partial charge on any atom is -0.477 e. The van der Waals surface area contributed by atoms with Gasteiger partial charge in [-0.2, -0.15) is 0 Å². The highest BCUT2D eigenvalue weighted by Crippen LogP contribution is 2.21. The summed E-state index contributed by atoms with van der Waals surface area (Å²) in [6.07, 6.45) is 8.72. The quantitative estimate of drug-likeness (QED) is 0.871. The zero-order valence-corrected chi connectivity index (χ0v) is 11.0. The van der Waals surface area contributed by atoms with E-state index in [2.05, 4.69) is 4.98 Å². The maximum atomic E-state index is 5.87. The Morgan fingerprint density at radius 3 is 3.00 bits per heavy atom. The molecule has 2 aliphatic rings. The van der Waals surface area contributed by atoms with E-state index >= 15 is 0 Å². The number of hydrogen-bond acceptors (Lipinski definition) is 2. The minimum absolute atomic E-state index is 0.732. The molecule has 1 N–H and O–H groups in total. The van der Waals surface area contributed by atoms with Crippen LogP contribution in [0.25, 0.3) is 0 Å². The van der Waals surface area contributed by atoms with Crippen molar-refractivity contribution >= 4 is 0 Å². The maximum absolute atomic E-state index is 5.87. The van der Waals surface area contributed by atoms with Crippen molar-refractivity contribution in [2.75, 3.05) is 19.7 Å². The van der Waals surface area contributed by atoms with Crippen LogP contribution in [0.3, 0.4) is 0 Å². The van der Waals surface area contributed by atoms with Crippen LogP contribution in [0, 0.1) is 5.92 Å². The number of quaternary nitrogens is 1. The number of piperidine rings is 2. The molecule has 3 heteroatoms. The molecular weight excluding hydrogens is 224 g/mol. The number of hydrogen-bond donors (Lipinski definition) is 1. The van der Waals surface area contributed by atoms with E-state index in [9.17, 15) is 0 Å². The van der Waals surface area contributed by atoms with Crippen molar-refractivity contribution in [3.05, 3.63) is 24.4 Å². The molecular formula is C15H23N2O+. The summed E-state index contributed by atoms with van der Waals surface area (Å²) >= 11 is 0. The van der Waals surface area contributed by atoms with E-state index in [1.165, 1.54) is 45.2 Å². The molecule has 2 fully saturated rings. The topological polar surface area (TPSA) is 26.6 Å². The van der Waals surface area contributed by atoms with Crippen molar-refractivity contribution in [2.24, 2.45) is 5.92 Å². The van der Waals surface area contributed by atoms with E-state index < -0.39 is 0 Å². The number of pyridine rings is 1. The lowest BCUT2D eigenvalue weighted by Gasteiger charge is -2.41. The van der Waals surface area contributed by atoms with Gasteiger partial charge in [0.15, 0.2) is 0 Å². The summed E-state index contributed by atoms with van der Waals surface area (Å²) in [5.74, 6) is 1.51. The number of ether oxygens (including phenoxy) is 1. The zero-order chi connectivity index (χ0) is 12.2. The SMILES string of the molecule is c1ccc(OC[C@H]2CCC[NH+]3CCCC[C@H]23)nc1.